The van der Waals surface area contributed by atoms with Gasteiger partial charge in [-0.15, -0.1) is 0 Å². The molecular weight excluding hydrogens is 236 g/mol. The Kier molecular flexibility index (Phi) is 4.49. The lowest BCUT2D eigenvalue weighted by Gasteiger charge is -2.24. The van der Waals surface area contributed by atoms with Gasteiger partial charge in [0.2, 0.25) is 0 Å². The Morgan fingerprint density at radius 3 is 2.95 bits per heavy atom. The van der Waals surface area contributed by atoms with Gasteiger partial charge in [-0.2, -0.15) is 0 Å². The molecule has 1 aromatic carbocycles. The molecule has 0 bridgehead atoms. The highest BCUT2D eigenvalue weighted by Gasteiger charge is 2.22. The van der Waals surface area contributed by atoms with Crippen molar-refractivity contribution in [2.24, 2.45) is 0 Å². The molecule has 1 atom stereocenters. The lowest BCUT2D eigenvalue weighted by atomic mass is 9.97. The largest absolute Gasteiger partial charge is 0.367 e. The molecule has 19 heavy (non-hydrogen) atoms. The molecular formula is C16H26N2O+2. The molecule has 0 spiro atoms. The molecule has 0 amide bonds. The molecule has 2 heterocycles. The molecule has 3 rings (SSSR count). The first-order valence-electron chi connectivity index (χ1n) is 7.78. The predicted molar refractivity (Wildman–Crippen MR) is 75.3 cm³/mol. The second-order valence-corrected chi connectivity index (χ2v) is 5.83. The van der Waals surface area contributed by atoms with Crippen molar-refractivity contribution in [1.82, 2.24) is 0 Å². The van der Waals surface area contributed by atoms with Gasteiger partial charge in [-0.1, -0.05) is 24.3 Å². The van der Waals surface area contributed by atoms with Crippen LogP contribution in [0, 0.1) is 0 Å². The summed E-state index contributed by atoms with van der Waals surface area (Å²) in [6, 6.07) is 8.76. The van der Waals surface area contributed by atoms with Crippen LogP contribution in [0.1, 0.15) is 30.1 Å². The van der Waals surface area contributed by atoms with Crippen molar-refractivity contribution in [3.8, 4) is 0 Å². The summed E-state index contributed by atoms with van der Waals surface area (Å²) in [5, 5.41) is 2.44. The third kappa shape index (κ3) is 3.35. The zero-order chi connectivity index (χ0) is 12.9. The third-order valence-electron chi connectivity index (χ3n) is 4.49. The summed E-state index contributed by atoms with van der Waals surface area (Å²) < 4.78 is 5.94. The quantitative estimate of drug-likeness (QED) is 0.691. The Morgan fingerprint density at radius 2 is 2.05 bits per heavy atom. The van der Waals surface area contributed by atoms with Crippen LogP contribution >= 0.6 is 0 Å². The Bertz CT molecular complexity index is 401. The number of hydrogen-bond acceptors (Lipinski definition) is 1. The van der Waals surface area contributed by atoms with Crippen molar-refractivity contribution in [2.75, 3.05) is 39.3 Å². The van der Waals surface area contributed by atoms with Crippen LogP contribution in [0.2, 0.25) is 0 Å². The van der Waals surface area contributed by atoms with Crippen LogP contribution in [-0.4, -0.2) is 39.3 Å². The highest BCUT2D eigenvalue weighted by Crippen LogP contribution is 2.25. The number of hydrogen-bond donors (Lipinski definition) is 2. The van der Waals surface area contributed by atoms with E-state index in [1.807, 2.05) is 0 Å². The van der Waals surface area contributed by atoms with Crippen molar-refractivity contribution >= 4 is 0 Å². The Morgan fingerprint density at radius 1 is 1.21 bits per heavy atom. The Balaban J connectivity index is 1.45. The Hall–Kier alpha value is -0.900. The van der Waals surface area contributed by atoms with Gasteiger partial charge in [0, 0.05) is 12.8 Å². The molecule has 2 aliphatic rings. The molecule has 1 aromatic rings. The number of nitrogens with one attached hydrogen (secondary N) is 1. The van der Waals surface area contributed by atoms with E-state index in [4.69, 9.17) is 4.74 Å². The number of quaternary nitrogens is 2. The molecule has 3 N–H and O–H groups in total. The predicted octanol–water partition coefficient (Wildman–Crippen LogP) is -0.457. The molecule has 1 unspecified atom stereocenters. The summed E-state index contributed by atoms with van der Waals surface area (Å²) in [6.07, 6.45) is 4.23. The van der Waals surface area contributed by atoms with Gasteiger partial charge >= 0.3 is 0 Å². The summed E-state index contributed by atoms with van der Waals surface area (Å²) in [7, 11) is 0. The first-order chi connectivity index (χ1) is 9.43. The Labute approximate surface area is 115 Å². The fourth-order valence-corrected chi connectivity index (χ4v) is 3.37. The third-order valence-corrected chi connectivity index (χ3v) is 4.49. The monoisotopic (exact) mass is 262 g/mol. The topological polar surface area (TPSA) is 30.3 Å². The van der Waals surface area contributed by atoms with E-state index in [1.165, 1.54) is 50.1 Å². The SMILES string of the molecule is c1ccc2c(c1)CCOC2C[NH2+]CC[NH+]1CCCC1. The number of benzene rings is 1. The summed E-state index contributed by atoms with van der Waals surface area (Å²) in [6.45, 7) is 7.27. The summed E-state index contributed by atoms with van der Waals surface area (Å²) in [5.74, 6) is 0. The second kappa shape index (κ2) is 6.51. The van der Waals surface area contributed by atoms with Gasteiger partial charge in [0.25, 0.3) is 0 Å². The average Bonchev–Trinajstić information content (AvgIpc) is 2.97. The number of nitrogens with two attached hydrogens (primary N) is 1. The maximum absolute atomic E-state index is 5.94. The van der Waals surface area contributed by atoms with E-state index in [1.54, 1.807) is 4.90 Å². The fourth-order valence-electron chi connectivity index (χ4n) is 3.37. The van der Waals surface area contributed by atoms with Crippen LogP contribution in [0.5, 0.6) is 0 Å². The van der Waals surface area contributed by atoms with Gasteiger partial charge < -0.3 is 15.0 Å². The molecule has 0 aliphatic carbocycles. The van der Waals surface area contributed by atoms with Crippen molar-refractivity contribution in [2.45, 2.75) is 25.4 Å². The molecule has 1 saturated heterocycles. The first kappa shape index (κ1) is 13.1. The fraction of sp³-hybridized carbons (Fsp3) is 0.625. The van der Waals surface area contributed by atoms with Crippen molar-refractivity contribution in [3.63, 3.8) is 0 Å². The van der Waals surface area contributed by atoms with Crippen LogP contribution in [0.4, 0.5) is 0 Å². The van der Waals surface area contributed by atoms with Crippen LogP contribution in [0.25, 0.3) is 0 Å². The van der Waals surface area contributed by atoms with Gasteiger partial charge in [0.15, 0.2) is 0 Å². The molecule has 104 valence electrons. The van der Waals surface area contributed by atoms with E-state index in [2.05, 4.69) is 29.6 Å². The number of ether oxygens (including phenoxy) is 1. The first-order valence-corrected chi connectivity index (χ1v) is 7.78. The zero-order valence-electron chi connectivity index (χ0n) is 11.7. The van der Waals surface area contributed by atoms with Crippen molar-refractivity contribution in [1.29, 1.82) is 0 Å². The standard InChI is InChI=1S/C16H24N2O/c1-2-6-15-14(5-1)7-12-19-16(15)13-17-8-11-18-9-3-4-10-18/h1-2,5-6,16-17H,3-4,7-13H2/p+2. The van der Waals surface area contributed by atoms with E-state index in [0.29, 0.717) is 6.10 Å². The van der Waals surface area contributed by atoms with E-state index in [0.717, 1.165) is 19.6 Å². The summed E-state index contributed by atoms with van der Waals surface area (Å²) in [4.78, 5) is 1.79. The minimum absolute atomic E-state index is 0.304. The van der Waals surface area contributed by atoms with E-state index in [9.17, 15) is 0 Å². The average molecular weight is 262 g/mol. The molecule has 3 nitrogen and oxygen atoms in total. The maximum atomic E-state index is 5.94. The van der Waals surface area contributed by atoms with Gasteiger partial charge in [-0.25, -0.2) is 0 Å². The van der Waals surface area contributed by atoms with Crippen molar-refractivity contribution < 1.29 is 15.0 Å². The van der Waals surface area contributed by atoms with Gasteiger partial charge in [-0.3, -0.25) is 0 Å². The van der Waals surface area contributed by atoms with Crippen LogP contribution in [0.3, 0.4) is 0 Å². The summed E-state index contributed by atoms with van der Waals surface area (Å²) >= 11 is 0. The molecule has 3 heteroatoms. The minimum Gasteiger partial charge on any atom is -0.367 e. The van der Waals surface area contributed by atoms with Crippen LogP contribution < -0.4 is 10.2 Å². The van der Waals surface area contributed by atoms with Crippen molar-refractivity contribution in [3.05, 3.63) is 35.4 Å². The molecule has 0 radical (unpaired) electrons. The molecule has 1 fully saturated rings. The van der Waals surface area contributed by atoms with Crippen LogP contribution in [-0.2, 0) is 11.2 Å². The highest BCUT2D eigenvalue weighted by atomic mass is 16.5. The van der Waals surface area contributed by atoms with E-state index in [-0.39, 0.29) is 0 Å². The molecule has 0 saturated carbocycles. The highest BCUT2D eigenvalue weighted by molar-refractivity contribution is 5.30. The number of fused-ring (bicyclic) bond motifs is 1. The molecule has 0 aromatic heterocycles. The smallest absolute Gasteiger partial charge is 0.131 e. The summed E-state index contributed by atoms with van der Waals surface area (Å²) in [5.41, 5.74) is 2.90. The van der Waals surface area contributed by atoms with Gasteiger partial charge in [0.05, 0.1) is 19.7 Å². The van der Waals surface area contributed by atoms with E-state index >= 15 is 0 Å². The zero-order valence-corrected chi connectivity index (χ0v) is 11.7. The van der Waals surface area contributed by atoms with Crippen LogP contribution in [0.15, 0.2) is 24.3 Å². The lowest BCUT2D eigenvalue weighted by Crippen LogP contribution is -3.13. The lowest BCUT2D eigenvalue weighted by molar-refractivity contribution is -0.901. The normalized spacial score (nSPS) is 23.5. The second-order valence-electron chi connectivity index (χ2n) is 5.83. The van der Waals surface area contributed by atoms with Gasteiger partial charge in [0.1, 0.15) is 25.7 Å². The maximum Gasteiger partial charge on any atom is 0.131 e. The molecule has 2 aliphatic heterocycles. The number of likely N-dealkylation sites (tertiary alicyclic amines) is 1. The van der Waals surface area contributed by atoms with E-state index < -0.39 is 0 Å². The number of rotatable bonds is 5. The van der Waals surface area contributed by atoms with Gasteiger partial charge in [-0.05, 0) is 17.5 Å². The minimum atomic E-state index is 0.304.